The zero-order chi connectivity index (χ0) is 28.0. The van der Waals surface area contributed by atoms with E-state index in [1.165, 1.54) is 10.4 Å². The molecule has 0 aromatic heterocycles. The first-order valence-corrected chi connectivity index (χ1v) is 16.0. The summed E-state index contributed by atoms with van der Waals surface area (Å²) in [6, 6.07) is 29.3. The number of ether oxygens (including phenoxy) is 1. The molecule has 0 fully saturated rings. The smallest absolute Gasteiger partial charge is 0.261 e. The molecule has 1 aliphatic rings. The van der Waals surface area contributed by atoms with Crippen LogP contribution in [0.25, 0.3) is 0 Å². The third-order valence-corrected chi connectivity index (χ3v) is 12.9. The predicted molar refractivity (Wildman–Crippen MR) is 164 cm³/mol. The van der Waals surface area contributed by atoms with Crippen LogP contribution in [0, 0.1) is 5.92 Å². The second-order valence-corrected chi connectivity index (χ2v) is 15.9. The number of rotatable bonds is 10. The normalized spacial score (nSPS) is 17.3. The van der Waals surface area contributed by atoms with Crippen molar-refractivity contribution in [1.29, 1.82) is 0 Å². The fourth-order valence-electron chi connectivity index (χ4n) is 5.80. The molecule has 1 amide bonds. The van der Waals surface area contributed by atoms with E-state index in [9.17, 15) is 4.79 Å². The number of allylic oxidation sites excluding steroid dienone is 1. The molecule has 0 saturated heterocycles. The summed E-state index contributed by atoms with van der Waals surface area (Å²) < 4.78 is 13.9. The van der Waals surface area contributed by atoms with Crippen LogP contribution in [0.5, 0.6) is 0 Å². The minimum atomic E-state index is -2.83. The number of hydrogen-bond acceptors (Lipinski definition) is 3. The molecule has 3 atom stereocenters. The van der Waals surface area contributed by atoms with Crippen molar-refractivity contribution < 1.29 is 14.0 Å². The summed E-state index contributed by atoms with van der Waals surface area (Å²) in [5.41, 5.74) is 1.95. The van der Waals surface area contributed by atoms with Gasteiger partial charge in [-0.05, 0) is 47.7 Å². The molecule has 0 saturated carbocycles. The van der Waals surface area contributed by atoms with Crippen molar-refractivity contribution in [2.45, 2.75) is 77.9 Å². The Hall–Kier alpha value is -2.99. The third-order valence-electron chi connectivity index (χ3n) is 7.80. The third kappa shape index (κ3) is 5.96. The van der Waals surface area contributed by atoms with Gasteiger partial charge in [0.1, 0.15) is 0 Å². The molecule has 1 aliphatic heterocycles. The molecule has 0 aliphatic carbocycles. The van der Waals surface area contributed by atoms with Gasteiger partial charge in [0, 0.05) is 11.5 Å². The number of benzene rings is 3. The number of carbonyl (C=O) groups is 1. The summed E-state index contributed by atoms with van der Waals surface area (Å²) >= 11 is 0. The molecule has 0 unspecified atom stereocenters. The molecule has 206 valence electrons. The molecule has 3 aromatic rings. The van der Waals surface area contributed by atoms with Crippen LogP contribution in [0.3, 0.4) is 0 Å². The summed E-state index contributed by atoms with van der Waals surface area (Å²) in [7, 11) is -2.83. The molecule has 1 heterocycles. The standard InChI is InChI=1S/C34H43NO3Si/c1-7-8-11-18-26(2)32(36)35-31-24-17-16-19-28(31)25-37-33(35)27(3)38-39(34(4,5)6,29-20-12-9-13-21-29)30-22-14-10-15-23-30/h7,9-10,12-17,19-24,26-27,33H,1,8,11,18,25H2,2-6H3/t26-,27+,33+/m1/s1. The van der Waals surface area contributed by atoms with Crippen molar-refractivity contribution in [3.05, 3.63) is 103 Å². The van der Waals surface area contributed by atoms with Gasteiger partial charge in [-0.1, -0.05) is 113 Å². The summed E-state index contributed by atoms with van der Waals surface area (Å²) in [4.78, 5) is 15.9. The van der Waals surface area contributed by atoms with E-state index in [2.05, 4.69) is 94.9 Å². The highest BCUT2D eigenvalue weighted by atomic mass is 28.4. The number of amides is 1. The van der Waals surface area contributed by atoms with Crippen LogP contribution in [0.1, 0.15) is 59.4 Å². The number of nitrogens with zero attached hydrogens (tertiary/aromatic N) is 1. The number of carbonyl (C=O) groups excluding carboxylic acids is 1. The van der Waals surface area contributed by atoms with Crippen molar-refractivity contribution in [3.8, 4) is 0 Å². The van der Waals surface area contributed by atoms with Crippen LogP contribution < -0.4 is 15.3 Å². The number of fused-ring (bicyclic) bond motifs is 1. The Morgan fingerprint density at radius 3 is 2.13 bits per heavy atom. The molecule has 0 radical (unpaired) electrons. The van der Waals surface area contributed by atoms with Gasteiger partial charge in [0.15, 0.2) is 6.23 Å². The summed E-state index contributed by atoms with van der Waals surface area (Å²) in [5.74, 6) is -0.0589. The number of hydrogen-bond donors (Lipinski definition) is 0. The molecule has 39 heavy (non-hydrogen) atoms. The monoisotopic (exact) mass is 541 g/mol. The van der Waals surface area contributed by atoms with Gasteiger partial charge in [0.05, 0.1) is 18.4 Å². The van der Waals surface area contributed by atoms with Crippen molar-refractivity contribution in [2.75, 3.05) is 4.90 Å². The van der Waals surface area contributed by atoms with Crippen molar-refractivity contribution in [3.63, 3.8) is 0 Å². The Bertz CT molecular complexity index is 1200. The maximum Gasteiger partial charge on any atom is 0.261 e. The van der Waals surface area contributed by atoms with Crippen LogP contribution in [0.2, 0.25) is 5.04 Å². The zero-order valence-corrected chi connectivity index (χ0v) is 25.1. The van der Waals surface area contributed by atoms with Crippen molar-refractivity contribution in [1.82, 2.24) is 0 Å². The van der Waals surface area contributed by atoms with Crippen LogP contribution in [-0.4, -0.2) is 26.6 Å². The maximum atomic E-state index is 14.0. The number of anilines is 1. The SMILES string of the molecule is C=CCCC[C@@H](C)C(=O)N1c2ccccc2CO[C@H]1[C@H](C)O[Si](c1ccccc1)(c1ccccc1)C(C)(C)C. The van der Waals surface area contributed by atoms with Gasteiger partial charge in [-0.15, -0.1) is 6.58 Å². The lowest BCUT2D eigenvalue weighted by Gasteiger charge is -2.48. The lowest BCUT2D eigenvalue weighted by atomic mass is 10.00. The first-order valence-electron chi connectivity index (χ1n) is 14.1. The van der Waals surface area contributed by atoms with E-state index in [-0.39, 0.29) is 23.0 Å². The van der Waals surface area contributed by atoms with Gasteiger partial charge in [-0.2, -0.15) is 0 Å². The van der Waals surface area contributed by atoms with E-state index in [0.29, 0.717) is 6.61 Å². The molecule has 4 nitrogen and oxygen atoms in total. The topological polar surface area (TPSA) is 38.8 Å². The van der Waals surface area contributed by atoms with Crippen LogP contribution in [-0.2, 0) is 20.6 Å². The fourth-order valence-corrected chi connectivity index (χ4v) is 10.5. The summed E-state index contributed by atoms with van der Waals surface area (Å²) in [5, 5.41) is 2.24. The van der Waals surface area contributed by atoms with Crippen LogP contribution >= 0.6 is 0 Å². The van der Waals surface area contributed by atoms with E-state index in [1.807, 2.05) is 42.2 Å². The quantitative estimate of drug-likeness (QED) is 0.160. The van der Waals surface area contributed by atoms with Gasteiger partial charge in [-0.3, -0.25) is 9.69 Å². The first-order chi connectivity index (χ1) is 18.7. The highest BCUT2D eigenvalue weighted by Gasteiger charge is 2.52. The Labute approximate surface area is 235 Å². The second-order valence-electron chi connectivity index (χ2n) is 11.6. The molecule has 5 heteroatoms. The number of unbranched alkanes of at least 4 members (excludes halogenated alkanes) is 1. The van der Waals surface area contributed by atoms with E-state index < -0.39 is 14.5 Å². The molecule has 0 bridgehead atoms. The highest BCUT2D eigenvalue weighted by Crippen LogP contribution is 2.40. The van der Waals surface area contributed by atoms with Crippen LogP contribution in [0.15, 0.2) is 97.6 Å². The predicted octanol–water partition coefficient (Wildman–Crippen LogP) is 6.83. The van der Waals surface area contributed by atoms with Crippen molar-refractivity contribution >= 4 is 30.3 Å². The average molecular weight is 542 g/mol. The van der Waals surface area contributed by atoms with Crippen molar-refractivity contribution in [2.24, 2.45) is 5.92 Å². The average Bonchev–Trinajstić information content (AvgIpc) is 2.95. The van der Waals surface area contributed by atoms with Gasteiger partial charge >= 0.3 is 0 Å². The summed E-state index contributed by atoms with van der Waals surface area (Å²) in [6.45, 7) is 15.2. The Balaban J connectivity index is 1.77. The van der Waals surface area contributed by atoms with E-state index >= 15 is 0 Å². The Kier molecular flexibility index (Phi) is 9.26. The molecular weight excluding hydrogens is 498 g/mol. The van der Waals surface area contributed by atoms with E-state index in [1.54, 1.807) is 0 Å². The second kappa shape index (κ2) is 12.5. The molecule has 3 aromatic carbocycles. The lowest BCUT2D eigenvalue weighted by molar-refractivity contribution is -0.128. The summed E-state index contributed by atoms with van der Waals surface area (Å²) in [6.07, 6.45) is 3.66. The maximum absolute atomic E-state index is 14.0. The van der Waals surface area contributed by atoms with E-state index in [0.717, 1.165) is 30.5 Å². The fraction of sp³-hybridized carbons (Fsp3) is 0.382. The lowest BCUT2D eigenvalue weighted by Crippen LogP contribution is -2.69. The van der Waals surface area contributed by atoms with Crippen LogP contribution in [0.4, 0.5) is 5.69 Å². The Morgan fingerprint density at radius 2 is 1.56 bits per heavy atom. The molecule has 4 rings (SSSR count). The highest BCUT2D eigenvalue weighted by molar-refractivity contribution is 6.99. The molecular formula is C34H43NO3Si. The van der Waals surface area contributed by atoms with Gasteiger partial charge < -0.3 is 9.16 Å². The molecule has 0 N–H and O–H groups in total. The zero-order valence-electron chi connectivity index (χ0n) is 24.1. The largest absolute Gasteiger partial charge is 0.400 e. The van der Waals surface area contributed by atoms with Gasteiger partial charge in [-0.25, -0.2) is 0 Å². The van der Waals surface area contributed by atoms with Gasteiger partial charge in [0.25, 0.3) is 8.32 Å². The molecule has 0 spiro atoms. The first kappa shape index (κ1) is 29.0. The minimum absolute atomic E-state index is 0.0779. The van der Waals surface area contributed by atoms with E-state index in [4.69, 9.17) is 9.16 Å². The Morgan fingerprint density at radius 1 is 1.00 bits per heavy atom. The minimum Gasteiger partial charge on any atom is -0.400 e. The number of para-hydroxylation sites is 1. The van der Waals surface area contributed by atoms with Gasteiger partial charge in [0.2, 0.25) is 5.91 Å².